The van der Waals surface area contributed by atoms with Gasteiger partial charge in [0.1, 0.15) is 0 Å². The summed E-state index contributed by atoms with van der Waals surface area (Å²) in [6.45, 7) is 2.02. The van der Waals surface area contributed by atoms with Crippen molar-refractivity contribution in [3.8, 4) is 11.1 Å². The molecule has 2 heteroatoms. The van der Waals surface area contributed by atoms with Gasteiger partial charge < -0.3 is 0 Å². The lowest BCUT2D eigenvalue weighted by Gasteiger charge is -2.17. The lowest BCUT2D eigenvalue weighted by atomic mass is 9.87. The van der Waals surface area contributed by atoms with Gasteiger partial charge >= 0.3 is 0 Å². The molecule has 0 N–H and O–H groups in total. The molecule has 3 aromatic carbocycles. The van der Waals surface area contributed by atoms with Crippen LogP contribution in [-0.4, -0.2) is 0 Å². The zero-order valence-corrected chi connectivity index (χ0v) is 14.1. The van der Waals surface area contributed by atoms with Gasteiger partial charge in [0.15, 0.2) is 0 Å². The second kappa shape index (κ2) is 7.89. The maximum Gasteiger partial charge on any atom is 0.266 e. The normalized spacial score (nSPS) is 11.8. The molecule has 0 heterocycles. The van der Waals surface area contributed by atoms with E-state index in [9.17, 15) is 8.78 Å². The number of hydrogen-bond donors (Lipinski definition) is 0. The van der Waals surface area contributed by atoms with Crippen LogP contribution in [-0.2, 0) is 0 Å². The molecule has 0 aliphatic carbocycles. The molecule has 0 unspecified atom stereocenters. The fourth-order valence-corrected chi connectivity index (χ4v) is 3.01. The topological polar surface area (TPSA) is 0 Å². The molecular weight excluding hydrogens is 314 g/mol. The Kier molecular flexibility index (Phi) is 5.39. The molecular formula is C23H20F2. The van der Waals surface area contributed by atoms with Gasteiger partial charge in [0, 0.05) is 5.92 Å². The minimum atomic E-state index is -1.63. The van der Waals surface area contributed by atoms with Crippen molar-refractivity contribution in [2.75, 3.05) is 0 Å². The van der Waals surface area contributed by atoms with Gasteiger partial charge in [-0.15, -0.1) is 0 Å². The van der Waals surface area contributed by atoms with Gasteiger partial charge in [0.05, 0.1) is 0 Å². The van der Waals surface area contributed by atoms with E-state index >= 15 is 0 Å². The van der Waals surface area contributed by atoms with Crippen molar-refractivity contribution in [1.82, 2.24) is 0 Å². The molecule has 1 atom stereocenters. The van der Waals surface area contributed by atoms with E-state index < -0.39 is 6.08 Å². The van der Waals surface area contributed by atoms with Gasteiger partial charge in [-0.05, 0) is 41.7 Å². The average Bonchev–Trinajstić information content (AvgIpc) is 2.64. The Hall–Kier alpha value is -2.74. The van der Waals surface area contributed by atoms with Crippen molar-refractivity contribution >= 4 is 0 Å². The molecule has 0 fully saturated rings. The highest BCUT2D eigenvalue weighted by molar-refractivity contribution is 5.63. The first-order valence-corrected chi connectivity index (χ1v) is 8.36. The number of halogens is 2. The third kappa shape index (κ3) is 4.42. The van der Waals surface area contributed by atoms with E-state index in [1.54, 1.807) is 0 Å². The van der Waals surface area contributed by atoms with Crippen LogP contribution >= 0.6 is 0 Å². The van der Waals surface area contributed by atoms with Crippen LogP contribution in [0.2, 0.25) is 0 Å². The highest BCUT2D eigenvalue weighted by Gasteiger charge is 2.14. The summed E-state index contributed by atoms with van der Waals surface area (Å²) in [5.74, 6) is -0.0769. The summed E-state index contributed by atoms with van der Waals surface area (Å²) >= 11 is 0. The highest BCUT2D eigenvalue weighted by atomic mass is 19.3. The van der Waals surface area contributed by atoms with Crippen LogP contribution in [0, 0.1) is 6.92 Å². The van der Waals surface area contributed by atoms with Crippen LogP contribution in [0.5, 0.6) is 0 Å². The Balaban J connectivity index is 1.92. The third-order valence-corrected chi connectivity index (χ3v) is 4.41. The van der Waals surface area contributed by atoms with Gasteiger partial charge in [0.25, 0.3) is 6.08 Å². The predicted octanol–water partition coefficient (Wildman–Crippen LogP) is 6.96. The molecule has 0 aliphatic rings. The molecule has 0 amide bonds. The Labute approximate surface area is 147 Å². The molecule has 0 bridgehead atoms. The molecule has 0 nitrogen and oxygen atoms in total. The summed E-state index contributed by atoms with van der Waals surface area (Å²) in [5, 5.41) is 0. The van der Waals surface area contributed by atoms with E-state index in [2.05, 4.69) is 24.3 Å². The van der Waals surface area contributed by atoms with Crippen LogP contribution < -0.4 is 0 Å². The lowest BCUT2D eigenvalue weighted by Crippen LogP contribution is -2.00. The second-order valence-electron chi connectivity index (χ2n) is 6.18. The van der Waals surface area contributed by atoms with Gasteiger partial charge in [-0.25, -0.2) is 0 Å². The number of hydrogen-bond acceptors (Lipinski definition) is 0. The molecule has 3 aromatic rings. The summed E-state index contributed by atoms with van der Waals surface area (Å²) in [6, 6.07) is 26.4. The zero-order valence-electron chi connectivity index (χ0n) is 14.1. The van der Waals surface area contributed by atoms with Crippen molar-refractivity contribution in [2.45, 2.75) is 19.3 Å². The van der Waals surface area contributed by atoms with E-state index in [0.717, 1.165) is 33.9 Å². The van der Waals surface area contributed by atoms with Crippen molar-refractivity contribution in [3.05, 3.63) is 108 Å². The van der Waals surface area contributed by atoms with Gasteiger partial charge in [0.2, 0.25) is 0 Å². The molecule has 0 radical (unpaired) electrons. The fraction of sp³-hybridized carbons (Fsp3) is 0.130. The van der Waals surface area contributed by atoms with Crippen LogP contribution in [0.3, 0.4) is 0 Å². The van der Waals surface area contributed by atoms with Crippen molar-refractivity contribution in [1.29, 1.82) is 0 Å². The van der Waals surface area contributed by atoms with Crippen LogP contribution in [0.4, 0.5) is 8.78 Å². The fourth-order valence-electron chi connectivity index (χ4n) is 3.01. The first-order valence-electron chi connectivity index (χ1n) is 8.36. The molecule has 0 aliphatic heterocycles. The largest absolute Gasteiger partial charge is 0.266 e. The van der Waals surface area contributed by atoms with Crippen molar-refractivity contribution in [3.63, 3.8) is 0 Å². The Morgan fingerprint density at radius 1 is 0.760 bits per heavy atom. The molecule has 0 spiro atoms. The maximum absolute atomic E-state index is 12.6. The van der Waals surface area contributed by atoms with Gasteiger partial charge in [-0.1, -0.05) is 84.4 Å². The summed E-state index contributed by atoms with van der Waals surface area (Å²) in [6.07, 6.45) is -0.330. The summed E-state index contributed by atoms with van der Waals surface area (Å²) in [5.41, 5.74) is 5.53. The predicted molar refractivity (Wildman–Crippen MR) is 99.8 cm³/mol. The number of allylic oxidation sites excluding steroid dienone is 1. The molecule has 0 aromatic heterocycles. The van der Waals surface area contributed by atoms with Crippen LogP contribution in [0.25, 0.3) is 11.1 Å². The second-order valence-corrected chi connectivity index (χ2v) is 6.18. The third-order valence-electron chi connectivity index (χ3n) is 4.41. The Morgan fingerprint density at radius 2 is 1.28 bits per heavy atom. The number of benzene rings is 3. The summed E-state index contributed by atoms with van der Waals surface area (Å²) in [7, 11) is 0. The van der Waals surface area contributed by atoms with E-state index in [0.29, 0.717) is 0 Å². The number of rotatable bonds is 5. The van der Waals surface area contributed by atoms with E-state index in [1.165, 1.54) is 0 Å². The van der Waals surface area contributed by atoms with E-state index in [4.69, 9.17) is 0 Å². The summed E-state index contributed by atoms with van der Waals surface area (Å²) in [4.78, 5) is 0. The first kappa shape index (κ1) is 17.1. The molecule has 3 rings (SSSR count). The minimum absolute atomic E-state index is 0.0769. The first-order chi connectivity index (χ1) is 12.1. The number of aryl methyl sites for hydroxylation is 1. The van der Waals surface area contributed by atoms with Crippen molar-refractivity contribution in [2.24, 2.45) is 0 Å². The minimum Gasteiger partial charge on any atom is -0.174 e. The molecule has 126 valence electrons. The lowest BCUT2D eigenvalue weighted by molar-refractivity contribution is 0.416. The quantitative estimate of drug-likeness (QED) is 0.473. The highest BCUT2D eigenvalue weighted by Crippen LogP contribution is 2.31. The SMILES string of the molecule is Cc1ccc([C@@H](CC=C(F)F)c2ccc(-c3ccccc3)cc2)cc1. The zero-order chi connectivity index (χ0) is 17.6. The molecule has 0 saturated carbocycles. The summed E-state index contributed by atoms with van der Waals surface area (Å²) < 4.78 is 25.3. The standard InChI is InChI=1S/C23H20F2/c1-17-7-9-20(10-8-17)22(15-16-23(24)25)21-13-11-19(12-14-21)18-5-3-2-4-6-18/h2-14,16,22H,15H2,1H3/t22-/m1/s1. The molecule has 25 heavy (non-hydrogen) atoms. The Bertz CT molecular complexity index is 828. The van der Waals surface area contributed by atoms with Gasteiger partial charge in [-0.2, -0.15) is 8.78 Å². The average molecular weight is 334 g/mol. The molecule has 0 saturated heterocycles. The Morgan fingerprint density at radius 3 is 1.84 bits per heavy atom. The van der Waals surface area contributed by atoms with E-state index in [-0.39, 0.29) is 12.3 Å². The van der Waals surface area contributed by atoms with E-state index in [1.807, 2.05) is 61.5 Å². The van der Waals surface area contributed by atoms with Crippen LogP contribution in [0.15, 0.2) is 91.0 Å². The van der Waals surface area contributed by atoms with Crippen LogP contribution in [0.1, 0.15) is 29.0 Å². The monoisotopic (exact) mass is 334 g/mol. The van der Waals surface area contributed by atoms with Gasteiger partial charge in [-0.3, -0.25) is 0 Å². The maximum atomic E-state index is 12.6. The van der Waals surface area contributed by atoms with Crippen molar-refractivity contribution < 1.29 is 8.78 Å². The smallest absolute Gasteiger partial charge is 0.174 e.